The summed E-state index contributed by atoms with van der Waals surface area (Å²) >= 11 is 6.11. The summed E-state index contributed by atoms with van der Waals surface area (Å²) in [6, 6.07) is 10.7. The number of carbonyl (C=O) groups excluding carboxylic acids is 2. The van der Waals surface area contributed by atoms with Crippen molar-refractivity contribution in [2.24, 2.45) is 0 Å². The number of carbonyl (C=O) groups is 2. The van der Waals surface area contributed by atoms with Gasteiger partial charge in [-0.1, -0.05) is 29.8 Å². The van der Waals surface area contributed by atoms with Crippen LogP contribution in [0.15, 0.2) is 47.4 Å². The fourth-order valence-electron chi connectivity index (χ4n) is 3.35. The lowest BCUT2D eigenvalue weighted by atomic mass is 10.1. The first kappa shape index (κ1) is 25.0. The first-order valence-electron chi connectivity index (χ1n) is 10.2. The quantitative estimate of drug-likeness (QED) is 0.558. The van der Waals surface area contributed by atoms with Gasteiger partial charge in [0.1, 0.15) is 10.6 Å². The van der Waals surface area contributed by atoms with E-state index in [-0.39, 0.29) is 47.8 Å². The summed E-state index contributed by atoms with van der Waals surface area (Å²) in [5.74, 6) is -0.737. The van der Waals surface area contributed by atoms with E-state index in [0.717, 1.165) is 11.6 Å². The number of benzene rings is 2. The third kappa shape index (κ3) is 6.02. The normalized spacial score (nSPS) is 15.5. The van der Waals surface area contributed by atoms with Gasteiger partial charge in [0.2, 0.25) is 10.0 Å². The molecule has 3 rings (SSSR count). The molecule has 0 saturated carbocycles. The minimum atomic E-state index is -3.91. The first-order chi connectivity index (χ1) is 15.7. The zero-order valence-corrected chi connectivity index (χ0v) is 19.8. The second-order valence-corrected chi connectivity index (χ2v) is 9.58. The van der Waals surface area contributed by atoms with Crippen LogP contribution in [0.25, 0.3) is 0 Å². The summed E-state index contributed by atoms with van der Waals surface area (Å²) < 4.78 is 42.6. The molecule has 2 aromatic rings. The predicted molar refractivity (Wildman–Crippen MR) is 121 cm³/mol. The number of hydrogen-bond acceptors (Lipinski definition) is 7. The van der Waals surface area contributed by atoms with Gasteiger partial charge in [0, 0.05) is 18.7 Å². The minimum absolute atomic E-state index is 0.0126. The first-order valence-corrected chi connectivity index (χ1v) is 12.0. The topological polar surface area (TPSA) is 111 Å². The fourth-order valence-corrected chi connectivity index (χ4v) is 5.26. The fraction of sp³-hybridized carbons (Fsp3) is 0.364. The molecule has 11 heteroatoms. The van der Waals surface area contributed by atoms with Crippen molar-refractivity contribution in [1.29, 1.82) is 0 Å². The Labute approximate surface area is 197 Å². The summed E-state index contributed by atoms with van der Waals surface area (Å²) in [6.45, 7) is 2.18. The maximum atomic E-state index is 12.9. The third-order valence-electron chi connectivity index (χ3n) is 5.07. The monoisotopic (exact) mass is 496 g/mol. The van der Waals surface area contributed by atoms with Gasteiger partial charge in [-0.3, -0.25) is 4.79 Å². The zero-order valence-electron chi connectivity index (χ0n) is 18.2. The van der Waals surface area contributed by atoms with Gasteiger partial charge in [-0.25, -0.2) is 13.2 Å². The van der Waals surface area contributed by atoms with Gasteiger partial charge in [-0.2, -0.15) is 4.31 Å². The molecular formula is C22H25ClN2O7S. The van der Waals surface area contributed by atoms with E-state index >= 15 is 0 Å². The van der Waals surface area contributed by atoms with Crippen LogP contribution in [0.5, 0.6) is 5.75 Å². The average molecular weight is 497 g/mol. The van der Waals surface area contributed by atoms with E-state index in [9.17, 15) is 18.0 Å². The van der Waals surface area contributed by atoms with Gasteiger partial charge in [0.25, 0.3) is 5.91 Å². The molecule has 9 nitrogen and oxygen atoms in total. The lowest BCUT2D eigenvalue weighted by molar-refractivity contribution is -0.124. The molecule has 1 unspecified atom stereocenters. The Morgan fingerprint density at radius 1 is 1.18 bits per heavy atom. The molecular weight excluding hydrogens is 472 g/mol. The molecule has 1 N–H and O–H groups in total. The number of halogens is 1. The van der Waals surface area contributed by atoms with Crippen molar-refractivity contribution in [1.82, 2.24) is 9.62 Å². The Hall–Kier alpha value is -2.66. The maximum absolute atomic E-state index is 12.9. The number of methoxy groups -OCH3 is 1. The number of nitrogens with zero attached hydrogens (tertiary/aromatic N) is 1. The highest BCUT2D eigenvalue weighted by molar-refractivity contribution is 7.89. The highest BCUT2D eigenvalue weighted by Gasteiger charge is 2.29. The number of ether oxygens (including phenoxy) is 3. The Morgan fingerprint density at radius 2 is 1.88 bits per heavy atom. The zero-order chi connectivity index (χ0) is 24.0. The average Bonchev–Trinajstić information content (AvgIpc) is 2.83. The summed E-state index contributed by atoms with van der Waals surface area (Å²) in [4.78, 5) is 24.6. The second kappa shape index (κ2) is 11.0. The van der Waals surface area contributed by atoms with Crippen LogP contribution in [0.1, 0.15) is 28.9 Å². The predicted octanol–water partition coefficient (Wildman–Crippen LogP) is 2.40. The Morgan fingerprint density at radius 3 is 2.58 bits per heavy atom. The third-order valence-corrected chi connectivity index (χ3v) is 7.45. The SMILES string of the molecule is COc1ccccc1C(C)NC(=O)COC(=O)c1ccc(Cl)c(S(=O)(=O)N2CCOCC2)c1. The van der Waals surface area contributed by atoms with Crippen molar-refractivity contribution in [3.63, 3.8) is 0 Å². The number of nitrogens with one attached hydrogen (secondary N) is 1. The largest absolute Gasteiger partial charge is 0.496 e. The molecule has 1 aliphatic heterocycles. The summed E-state index contributed by atoms with van der Waals surface area (Å²) in [5.41, 5.74) is 0.743. The highest BCUT2D eigenvalue weighted by Crippen LogP contribution is 2.27. The van der Waals surface area contributed by atoms with E-state index in [1.54, 1.807) is 13.0 Å². The molecule has 0 spiro atoms. The van der Waals surface area contributed by atoms with Crippen LogP contribution in [0, 0.1) is 0 Å². The molecule has 0 radical (unpaired) electrons. The summed E-state index contributed by atoms with van der Waals surface area (Å²) in [5, 5.41) is 2.72. The second-order valence-electron chi connectivity index (χ2n) is 7.27. The van der Waals surface area contributed by atoms with Crippen molar-refractivity contribution in [2.75, 3.05) is 40.0 Å². The molecule has 1 saturated heterocycles. The van der Waals surface area contributed by atoms with Crippen molar-refractivity contribution in [3.05, 3.63) is 58.6 Å². The van der Waals surface area contributed by atoms with Gasteiger partial charge >= 0.3 is 5.97 Å². The van der Waals surface area contributed by atoms with Crippen LogP contribution in [0.4, 0.5) is 0 Å². The van der Waals surface area contributed by atoms with E-state index in [2.05, 4.69) is 5.32 Å². The van der Waals surface area contributed by atoms with Crippen molar-refractivity contribution >= 4 is 33.5 Å². The molecule has 0 bridgehead atoms. The molecule has 33 heavy (non-hydrogen) atoms. The van der Waals surface area contributed by atoms with E-state index in [1.165, 1.54) is 23.5 Å². The molecule has 0 aliphatic carbocycles. The number of sulfonamides is 1. The number of para-hydroxylation sites is 1. The number of esters is 1. The van der Waals surface area contributed by atoms with Gasteiger partial charge < -0.3 is 19.5 Å². The Bertz CT molecular complexity index is 1120. The van der Waals surface area contributed by atoms with Crippen LogP contribution < -0.4 is 10.1 Å². The molecule has 1 atom stereocenters. The van der Waals surface area contributed by atoms with Crippen LogP contribution in [-0.2, 0) is 24.3 Å². The molecule has 0 aromatic heterocycles. The van der Waals surface area contributed by atoms with E-state index in [1.807, 2.05) is 18.2 Å². The minimum Gasteiger partial charge on any atom is -0.496 e. The molecule has 2 aromatic carbocycles. The lowest BCUT2D eigenvalue weighted by Gasteiger charge is -2.26. The smallest absolute Gasteiger partial charge is 0.338 e. The van der Waals surface area contributed by atoms with Gasteiger partial charge in [0.05, 0.1) is 37.0 Å². The number of morpholine rings is 1. The Balaban J connectivity index is 1.64. The van der Waals surface area contributed by atoms with E-state index in [4.69, 9.17) is 25.8 Å². The van der Waals surface area contributed by atoms with Gasteiger partial charge in [0.15, 0.2) is 6.61 Å². The lowest BCUT2D eigenvalue weighted by Crippen LogP contribution is -2.40. The van der Waals surface area contributed by atoms with Crippen molar-refractivity contribution in [2.45, 2.75) is 17.9 Å². The van der Waals surface area contributed by atoms with Crippen molar-refractivity contribution < 1.29 is 32.2 Å². The van der Waals surface area contributed by atoms with Crippen LogP contribution in [0.3, 0.4) is 0 Å². The standard InChI is InChI=1S/C22H25ClN2O7S/c1-15(17-5-3-4-6-19(17)30-2)24-21(26)14-32-22(27)16-7-8-18(23)20(13-16)33(28,29)25-9-11-31-12-10-25/h3-8,13,15H,9-12,14H2,1-2H3,(H,24,26). The molecule has 1 aliphatic rings. The van der Waals surface area contributed by atoms with Crippen LogP contribution >= 0.6 is 11.6 Å². The van der Waals surface area contributed by atoms with E-state index < -0.39 is 28.5 Å². The summed E-state index contributed by atoms with van der Waals surface area (Å²) in [7, 11) is -2.37. The number of rotatable bonds is 8. The Kier molecular flexibility index (Phi) is 8.30. The number of amides is 1. The molecule has 178 valence electrons. The van der Waals surface area contributed by atoms with Gasteiger partial charge in [-0.15, -0.1) is 0 Å². The molecule has 1 heterocycles. The van der Waals surface area contributed by atoms with Crippen LogP contribution in [-0.4, -0.2) is 64.6 Å². The maximum Gasteiger partial charge on any atom is 0.338 e. The number of hydrogen-bond donors (Lipinski definition) is 1. The summed E-state index contributed by atoms with van der Waals surface area (Å²) in [6.07, 6.45) is 0. The molecule has 1 amide bonds. The molecule has 1 fully saturated rings. The highest BCUT2D eigenvalue weighted by atomic mass is 35.5. The van der Waals surface area contributed by atoms with E-state index in [0.29, 0.717) is 5.75 Å². The van der Waals surface area contributed by atoms with Crippen LogP contribution in [0.2, 0.25) is 5.02 Å². The van der Waals surface area contributed by atoms with Gasteiger partial charge in [-0.05, 0) is 31.2 Å². The van der Waals surface area contributed by atoms with Crippen molar-refractivity contribution in [3.8, 4) is 5.75 Å².